The topological polar surface area (TPSA) is 35.6 Å². The Hall–Kier alpha value is -1.39. The molecule has 1 rings (SSSR count). The van der Waals surface area contributed by atoms with Crippen LogP contribution in [0.2, 0.25) is 0 Å². The summed E-state index contributed by atoms with van der Waals surface area (Å²) in [6.07, 6.45) is 1.89. The Bertz CT molecular complexity index is 432. The molecule has 4 heteroatoms. The zero-order valence-corrected chi connectivity index (χ0v) is 13.9. The van der Waals surface area contributed by atoms with E-state index in [2.05, 4.69) is 30.4 Å². The Balaban J connectivity index is 2.74. The number of hydrogen-bond donors (Lipinski definition) is 1. The average molecular weight is 291 g/mol. The van der Waals surface area contributed by atoms with Crippen LogP contribution in [0.5, 0.6) is 0 Å². The zero-order chi connectivity index (χ0) is 15.7. The molecule has 1 aromatic rings. The number of nitrogens with zero attached hydrogens (tertiary/aromatic N) is 2. The fourth-order valence-electron chi connectivity index (χ4n) is 2.36. The van der Waals surface area contributed by atoms with Gasteiger partial charge in [0.25, 0.3) is 5.91 Å². The first-order chi connectivity index (χ1) is 10.1. The number of nitrogens with one attached hydrogen (secondary N) is 1. The maximum atomic E-state index is 12.7. The van der Waals surface area contributed by atoms with E-state index in [9.17, 15) is 4.79 Å². The normalized spacial score (nSPS) is 10.9. The lowest BCUT2D eigenvalue weighted by molar-refractivity contribution is 0.0758. The maximum Gasteiger partial charge on any atom is 0.254 e. The Morgan fingerprint density at radius 2 is 1.90 bits per heavy atom. The quantitative estimate of drug-likeness (QED) is 0.754. The SMILES string of the molecule is CCN(CCCN(C)C)C(=O)c1ccccc1CCNC. The van der Waals surface area contributed by atoms with Crippen molar-refractivity contribution in [3.05, 3.63) is 35.4 Å². The van der Waals surface area contributed by atoms with Gasteiger partial charge < -0.3 is 15.1 Å². The van der Waals surface area contributed by atoms with E-state index >= 15 is 0 Å². The van der Waals surface area contributed by atoms with E-state index in [0.717, 1.165) is 50.1 Å². The van der Waals surface area contributed by atoms with Crippen molar-refractivity contribution in [2.75, 3.05) is 47.3 Å². The molecular formula is C17H29N3O. The van der Waals surface area contributed by atoms with Crippen LogP contribution in [0.15, 0.2) is 24.3 Å². The molecule has 4 nitrogen and oxygen atoms in total. The van der Waals surface area contributed by atoms with Crippen molar-refractivity contribution < 1.29 is 4.79 Å². The zero-order valence-electron chi connectivity index (χ0n) is 13.9. The van der Waals surface area contributed by atoms with E-state index in [4.69, 9.17) is 0 Å². The molecule has 1 N–H and O–H groups in total. The van der Waals surface area contributed by atoms with Crippen molar-refractivity contribution in [3.63, 3.8) is 0 Å². The maximum absolute atomic E-state index is 12.7. The molecular weight excluding hydrogens is 262 g/mol. The molecule has 1 aromatic carbocycles. The van der Waals surface area contributed by atoms with Gasteiger partial charge in [0.1, 0.15) is 0 Å². The Kier molecular flexibility index (Phi) is 8.01. The highest BCUT2D eigenvalue weighted by Crippen LogP contribution is 2.13. The number of carbonyl (C=O) groups excluding carboxylic acids is 1. The molecule has 0 heterocycles. The van der Waals surface area contributed by atoms with E-state index in [-0.39, 0.29) is 5.91 Å². The highest BCUT2D eigenvalue weighted by Gasteiger charge is 2.16. The Morgan fingerprint density at radius 3 is 2.52 bits per heavy atom. The molecule has 0 radical (unpaired) electrons. The van der Waals surface area contributed by atoms with Crippen LogP contribution in [0.4, 0.5) is 0 Å². The van der Waals surface area contributed by atoms with Gasteiger partial charge in [-0.05, 0) is 65.6 Å². The predicted octanol–water partition coefficient (Wildman–Crippen LogP) is 1.86. The van der Waals surface area contributed by atoms with Crippen molar-refractivity contribution in [2.45, 2.75) is 19.8 Å². The molecule has 0 fully saturated rings. The van der Waals surface area contributed by atoms with Crippen LogP contribution in [0.25, 0.3) is 0 Å². The summed E-state index contributed by atoms with van der Waals surface area (Å²) >= 11 is 0. The number of likely N-dealkylation sites (N-methyl/N-ethyl adjacent to an activating group) is 1. The molecule has 0 bridgehead atoms. The lowest BCUT2D eigenvalue weighted by atomic mass is 10.0. The largest absolute Gasteiger partial charge is 0.339 e. The van der Waals surface area contributed by atoms with E-state index in [0.29, 0.717) is 0 Å². The van der Waals surface area contributed by atoms with Crippen molar-refractivity contribution >= 4 is 5.91 Å². The van der Waals surface area contributed by atoms with Gasteiger partial charge in [0.15, 0.2) is 0 Å². The van der Waals surface area contributed by atoms with Gasteiger partial charge in [0, 0.05) is 18.7 Å². The van der Waals surface area contributed by atoms with Crippen molar-refractivity contribution in [1.29, 1.82) is 0 Å². The molecule has 0 aliphatic heterocycles. The number of amides is 1. The summed E-state index contributed by atoms with van der Waals surface area (Å²) in [7, 11) is 6.06. The molecule has 1 amide bonds. The minimum Gasteiger partial charge on any atom is -0.339 e. The summed E-state index contributed by atoms with van der Waals surface area (Å²) in [5, 5.41) is 3.14. The second-order valence-electron chi connectivity index (χ2n) is 5.55. The highest BCUT2D eigenvalue weighted by atomic mass is 16.2. The van der Waals surface area contributed by atoms with Crippen molar-refractivity contribution in [1.82, 2.24) is 15.1 Å². The van der Waals surface area contributed by atoms with Gasteiger partial charge in [-0.15, -0.1) is 0 Å². The fraction of sp³-hybridized carbons (Fsp3) is 0.588. The van der Waals surface area contributed by atoms with E-state index < -0.39 is 0 Å². The van der Waals surface area contributed by atoms with Gasteiger partial charge in [0.2, 0.25) is 0 Å². The second kappa shape index (κ2) is 9.53. The molecule has 0 atom stereocenters. The summed E-state index contributed by atoms with van der Waals surface area (Å²) in [4.78, 5) is 16.8. The van der Waals surface area contributed by atoms with Crippen LogP contribution in [0.1, 0.15) is 29.3 Å². The van der Waals surface area contributed by atoms with Crippen LogP contribution in [0, 0.1) is 0 Å². The first-order valence-corrected chi connectivity index (χ1v) is 7.76. The molecule has 0 unspecified atom stereocenters. The minimum absolute atomic E-state index is 0.156. The summed E-state index contributed by atoms with van der Waals surface area (Å²) in [6, 6.07) is 7.95. The van der Waals surface area contributed by atoms with Crippen LogP contribution in [-0.4, -0.2) is 63.0 Å². The number of rotatable bonds is 9. The van der Waals surface area contributed by atoms with Gasteiger partial charge in [-0.25, -0.2) is 0 Å². The predicted molar refractivity (Wildman–Crippen MR) is 88.8 cm³/mol. The third kappa shape index (κ3) is 5.86. The molecule has 0 aliphatic rings. The summed E-state index contributed by atoms with van der Waals surface area (Å²) < 4.78 is 0. The van der Waals surface area contributed by atoms with Crippen LogP contribution in [0.3, 0.4) is 0 Å². The highest BCUT2D eigenvalue weighted by molar-refractivity contribution is 5.95. The molecule has 0 aromatic heterocycles. The standard InChI is InChI=1S/C17H29N3O/c1-5-20(14-8-13-19(3)4)17(21)16-10-7-6-9-15(16)11-12-18-2/h6-7,9-10,18H,5,8,11-14H2,1-4H3. The third-order valence-electron chi connectivity index (χ3n) is 3.59. The Labute approximate surface area is 129 Å². The molecule has 0 saturated heterocycles. The number of hydrogen-bond acceptors (Lipinski definition) is 3. The van der Waals surface area contributed by atoms with E-state index in [1.165, 1.54) is 0 Å². The lowest BCUT2D eigenvalue weighted by Crippen LogP contribution is -2.34. The van der Waals surface area contributed by atoms with E-state index in [1.54, 1.807) is 0 Å². The summed E-state index contributed by atoms with van der Waals surface area (Å²) in [5.74, 6) is 0.156. The van der Waals surface area contributed by atoms with Gasteiger partial charge in [-0.3, -0.25) is 4.79 Å². The van der Waals surface area contributed by atoms with E-state index in [1.807, 2.05) is 37.1 Å². The fourth-order valence-corrected chi connectivity index (χ4v) is 2.36. The lowest BCUT2D eigenvalue weighted by Gasteiger charge is -2.23. The molecule has 0 aliphatic carbocycles. The summed E-state index contributed by atoms with van der Waals surface area (Å²) in [5.41, 5.74) is 1.97. The number of carbonyl (C=O) groups is 1. The monoisotopic (exact) mass is 291 g/mol. The first-order valence-electron chi connectivity index (χ1n) is 7.76. The molecule has 0 saturated carbocycles. The average Bonchev–Trinajstić information content (AvgIpc) is 2.49. The van der Waals surface area contributed by atoms with Gasteiger partial charge in [-0.1, -0.05) is 18.2 Å². The molecule has 118 valence electrons. The van der Waals surface area contributed by atoms with Crippen molar-refractivity contribution in [2.24, 2.45) is 0 Å². The second-order valence-corrected chi connectivity index (χ2v) is 5.55. The van der Waals surface area contributed by atoms with Crippen LogP contribution in [-0.2, 0) is 6.42 Å². The molecule has 0 spiro atoms. The minimum atomic E-state index is 0.156. The van der Waals surface area contributed by atoms with Crippen LogP contribution >= 0.6 is 0 Å². The van der Waals surface area contributed by atoms with Crippen molar-refractivity contribution in [3.8, 4) is 0 Å². The summed E-state index contributed by atoms with van der Waals surface area (Å²) in [6.45, 7) is 5.51. The van der Waals surface area contributed by atoms with Gasteiger partial charge in [0.05, 0.1) is 0 Å². The smallest absolute Gasteiger partial charge is 0.254 e. The Morgan fingerprint density at radius 1 is 1.19 bits per heavy atom. The van der Waals surface area contributed by atoms with Gasteiger partial charge in [-0.2, -0.15) is 0 Å². The third-order valence-corrected chi connectivity index (χ3v) is 3.59. The molecule has 21 heavy (non-hydrogen) atoms. The van der Waals surface area contributed by atoms with Gasteiger partial charge >= 0.3 is 0 Å². The number of benzene rings is 1. The first kappa shape index (κ1) is 17.7. The van der Waals surface area contributed by atoms with Crippen LogP contribution < -0.4 is 5.32 Å².